The maximum atomic E-state index is 15.0. The number of hydrogen-bond acceptors (Lipinski definition) is 5. The summed E-state index contributed by atoms with van der Waals surface area (Å²) < 4.78 is 29.4. The number of methoxy groups -OCH3 is 1. The van der Waals surface area contributed by atoms with E-state index < -0.39 is 21.6 Å². The number of unbranched alkanes of at least 4 members (excludes halogenated alkanes) is 1. The van der Waals surface area contributed by atoms with E-state index in [9.17, 15) is 9.18 Å². The van der Waals surface area contributed by atoms with Crippen LogP contribution in [-0.2, 0) is 22.5 Å². The molecule has 4 rings (SSSR count). The number of nitrogens with two attached hydrogens (primary N) is 1. The standard InChI is InChI=1S/C25H25FN2O2.C4H11IO/c1-13-17(8-6-10-20(13)27)22-15(3)23-24-16(7-5-9-19(24)26)12-28-25(23)14(2)18(22)11-21(29)30-4;1-2-3-4-5-6/h5-10,28H,11-12,27H2,1-4H3;5-6H,2-4H2,1H3. The fraction of sp³-hybridized carbons (Fsp3) is 0.345. The van der Waals surface area contributed by atoms with Crippen molar-refractivity contribution in [1.82, 2.24) is 0 Å². The van der Waals surface area contributed by atoms with Gasteiger partial charge in [0.25, 0.3) is 0 Å². The van der Waals surface area contributed by atoms with Crippen molar-refractivity contribution in [3.8, 4) is 22.3 Å². The molecule has 0 aromatic heterocycles. The number of nitrogens with one attached hydrogen (secondary N) is 1. The number of fused-ring (bicyclic) bond motifs is 3. The van der Waals surface area contributed by atoms with Crippen LogP contribution in [-0.4, -0.2) is 20.9 Å². The van der Waals surface area contributed by atoms with Crippen LogP contribution in [0.1, 0.15) is 47.6 Å². The zero-order chi connectivity index (χ0) is 26.4. The Morgan fingerprint density at radius 3 is 2.44 bits per heavy atom. The largest absolute Gasteiger partial charge is 0.469 e. The molecule has 0 spiro atoms. The van der Waals surface area contributed by atoms with Crippen LogP contribution < -0.4 is 11.1 Å². The van der Waals surface area contributed by atoms with Gasteiger partial charge in [0.1, 0.15) is 5.82 Å². The van der Waals surface area contributed by atoms with Crippen molar-refractivity contribution >= 4 is 39.0 Å². The van der Waals surface area contributed by atoms with E-state index in [0.29, 0.717) is 17.8 Å². The topological polar surface area (TPSA) is 84.6 Å². The molecule has 0 atom stereocenters. The molecular formula is C29H36FIN2O3. The summed E-state index contributed by atoms with van der Waals surface area (Å²) in [4.78, 5) is 12.3. The molecule has 7 heteroatoms. The number of esters is 1. The second-order valence-corrected chi connectivity index (χ2v) is 10.8. The molecule has 0 bridgehead atoms. The minimum atomic E-state index is -0.536. The van der Waals surface area contributed by atoms with Gasteiger partial charge in [0, 0.05) is 29.0 Å². The van der Waals surface area contributed by atoms with Gasteiger partial charge >= 0.3 is 55.2 Å². The van der Waals surface area contributed by atoms with Gasteiger partial charge in [0.15, 0.2) is 0 Å². The molecule has 194 valence electrons. The van der Waals surface area contributed by atoms with Gasteiger partial charge in [-0.25, -0.2) is 4.39 Å². The van der Waals surface area contributed by atoms with Crippen LogP contribution in [0.25, 0.3) is 22.3 Å². The summed E-state index contributed by atoms with van der Waals surface area (Å²) in [7, 11) is 1.39. The average Bonchev–Trinajstić information content (AvgIpc) is 2.88. The summed E-state index contributed by atoms with van der Waals surface area (Å²) in [5, 5.41) is 3.45. The van der Waals surface area contributed by atoms with Crippen molar-refractivity contribution in [2.45, 2.75) is 53.5 Å². The normalized spacial score (nSPS) is 11.6. The predicted molar refractivity (Wildman–Crippen MR) is 156 cm³/mol. The average molecular weight is 607 g/mol. The van der Waals surface area contributed by atoms with Crippen LogP contribution in [0.4, 0.5) is 15.8 Å². The summed E-state index contributed by atoms with van der Waals surface area (Å²) in [5.74, 6) is -0.559. The number of halogens is 2. The van der Waals surface area contributed by atoms with Gasteiger partial charge in [0.05, 0.1) is 13.5 Å². The summed E-state index contributed by atoms with van der Waals surface area (Å²) in [6.07, 6.45) is 2.58. The summed E-state index contributed by atoms with van der Waals surface area (Å²) in [5.41, 5.74) is 15.6. The molecule has 0 unspecified atom stereocenters. The Hall–Kier alpha value is -2.65. The van der Waals surface area contributed by atoms with Gasteiger partial charge in [-0.2, -0.15) is 0 Å². The Balaban J connectivity index is 0.000000538. The SMILES string of the molecule is CCCC[IH]O.COC(=O)Cc1c(C)c2c(c(C)c1-c1cccc(N)c1C)-c1c(F)cccc1CN2. The number of carbonyl (C=O) groups excluding carboxylic acids is 1. The van der Waals surface area contributed by atoms with Crippen LogP contribution in [0, 0.1) is 26.6 Å². The van der Waals surface area contributed by atoms with E-state index in [0.717, 1.165) is 54.6 Å². The molecule has 0 aliphatic carbocycles. The minimum Gasteiger partial charge on any atom is -0.469 e. The molecule has 0 fully saturated rings. The number of hydrogen-bond donors (Lipinski definition) is 3. The molecule has 0 radical (unpaired) electrons. The number of anilines is 2. The first-order valence-electron chi connectivity index (χ1n) is 12.1. The van der Waals surface area contributed by atoms with Crippen molar-refractivity contribution in [2.24, 2.45) is 0 Å². The van der Waals surface area contributed by atoms with Crippen LogP contribution in [0.5, 0.6) is 0 Å². The molecule has 3 aromatic carbocycles. The van der Waals surface area contributed by atoms with E-state index in [2.05, 4.69) is 12.2 Å². The smallest absolute Gasteiger partial charge is 0.310 e. The van der Waals surface area contributed by atoms with Gasteiger partial charge in [-0.3, -0.25) is 4.79 Å². The Labute approximate surface area is 224 Å². The number of ether oxygens (including phenoxy) is 1. The summed E-state index contributed by atoms with van der Waals surface area (Å²) in [6, 6.07) is 10.9. The predicted octanol–water partition coefficient (Wildman–Crippen LogP) is 6.70. The molecule has 1 heterocycles. The fourth-order valence-corrected chi connectivity index (χ4v) is 5.91. The maximum Gasteiger partial charge on any atom is 0.310 e. The van der Waals surface area contributed by atoms with Crippen molar-refractivity contribution in [3.05, 3.63) is 70.0 Å². The third-order valence-corrected chi connectivity index (χ3v) is 8.06. The van der Waals surface area contributed by atoms with Crippen molar-refractivity contribution in [1.29, 1.82) is 0 Å². The van der Waals surface area contributed by atoms with Crippen molar-refractivity contribution < 1.29 is 17.4 Å². The molecule has 36 heavy (non-hydrogen) atoms. The van der Waals surface area contributed by atoms with Gasteiger partial charge in [0.2, 0.25) is 0 Å². The van der Waals surface area contributed by atoms with E-state index in [1.54, 1.807) is 6.07 Å². The van der Waals surface area contributed by atoms with E-state index in [1.807, 2.05) is 45.0 Å². The Kier molecular flexibility index (Phi) is 9.73. The number of carbonyl (C=O) groups is 1. The van der Waals surface area contributed by atoms with E-state index in [-0.39, 0.29) is 18.2 Å². The first-order chi connectivity index (χ1) is 17.3. The quantitative estimate of drug-likeness (QED) is 0.0956. The van der Waals surface area contributed by atoms with Crippen LogP contribution in [0.3, 0.4) is 0 Å². The summed E-state index contributed by atoms with van der Waals surface area (Å²) in [6.45, 7) is 8.60. The number of nitrogen functional groups attached to an aromatic ring is 1. The fourth-order valence-electron chi connectivity index (χ4n) is 4.71. The molecule has 1 aliphatic heterocycles. The zero-order valence-corrected chi connectivity index (χ0v) is 24.0. The van der Waals surface area contributed by atoms with Gasteiger partial charge in [-0.1, -0.05) is 24.3 Å². The molecule has 0 amide bonds. The maximum absolute atomic E-state index is 15.0. The molecule has 3 aromatic rings. The van der Waals surface area contributed by atoms with Crippen molar-refractivity contribution in [2.75, 3.05) is 22.6 Å². The molecular weight excluding hydrogens is 570 g/mol. The summed E-state index contributed by atoms with van der Waals surface area (Å²) >= 11 is -0.536. The van der Waals surface area contributed by atoms with Crippen LogP contribution in [0.15, 0.2) is 36.4 Å². The third kappa shape index (κ3) is 5.67. The number of alkyl halides is 1. The number of benzene rings is 3. The van der Waals surface area contributed by atoms with E-state index >= 15 is 0 Å². The van der Waals surface area contributed by atoms with Crippen LogP contribution >= 0.6 is 21.6 Å². The zero-order valence-electron chi connectivity index (χ0n) is 21.6. The van der Waals surface area contributed by atoms with Gasteiger partial charge in [-0.15, -0.1) is 0 Å². The Morgan fingerprint density at radius 2 is 1.81 bits per heavy atom. The van der Waals surface area contributed by atoms with Crippen LogP contribution in [0.2, 0.25) is 0 Å². The number of rotatable bonds is 6. The second kappa shape index (κ2) is 12.5. The first-order valence-corrected chi connectivity index (χ1v) is 14.8. The Bertz CT molecular complexity index is 1260. The Morgan fingerprint density at radius 1 is 1.08 bits per heavy atom. The van der Waals surface area contributed by atoms with Gasteiger partial charge < -0.3 is 15.8 Å². The molecule has 5 nitrogen and oxygen atoms in total. The molecule has 4 N–H and O–H groups in total. The molecule has 1 aliphatic rings. The monoisotopic (exact) mass is 606 g/mol. The molecule has 0 saturated carbocycles. The van der Waals surface area contributed by atoms with Crippen molar-refractivity contribution in [3.63, 3.8) is 0 Å². The first kappa shape index (κ1) is 27.9. The second-order valence-electron chi connectivity index (χ2n) is 8.94. The van der Waals surface area contributed by atoms with Gasteiger partial charge in [-0.05, 0) is 71.8 Å². The van der Waals surface area contributed by atoms with E-state index in [4.69, 9.17) is 13.9 Å². The molecule has 0 saturated heterocycles. The third-order valence-electron chi connectivity index (χ3n) is 6.72. The minimum absolute atomic E-state index is 0.131. The van der Waals surface area contributed by atoms with E-state index in [1.165, 1.54) is 26.0 Å².